The van der Waals surface area contributed by atoms with E-state index in [0.29, 0.717) is 6.04 Å². The summed E-state index contributed by atoms with van der Waals surface area (Å²) in [7, 11) is 0. The van der Waals surface area contributed by atoms with Gasteiger partial charge in [0, 0.05) is 12.1 Å². The lowest BCUT2D eigenvalue weighted by Gasteiger charge is -2.37. The van der Waals surface area contributed by atoms with E-state index in [4.69, 9.17) is 0 Å². The summed E-state index contributed by atoms with van der Waals surface area (Å²) in [4.78, 5) is 24.4. The lowest BCUT2D eigenvalue weighted by molar-refractivity contribution is -0.718. The largest absolute Gasteiger partial charge is 0.342 e. The molecular weight excluding hydrogens is 278 g/mol. The van der Waals surface area contributed by atoms with E-state index in [-0.39, 0.29) is 30.3 Å². The van der Waals surface area contributed by atoms with Crippen LogP contribution in [0.5, 0.6) is 0 Å². The topological polar surface area (TPSA) is 74.8 Å². The molecule has 0 bridgehead atoms. The van der Waals surface area contributed by atoms with Crippen LogP contribution in [0.3, 0.4) is 0 Å². The molecule has 1 aromatic carbocycles. The van der Waals surface area contributed by atoms with Crippen LogP contribution in [-0.4, -0.2) is 29.9 Å². The first-order valence-electron chi connectivity index (χ1n) is 8.14. The summed E-state index contributed by atoms with van der Waals surface area (Å²) in [5.74, 6) is -0.0983. The summed E-state index contributed by atoms with van der Waals surface area (Å²) in [5, 5.41) is 8.09. The van der Waals surface area contributed by atoms with E-state index in [1.807, 2.05) is 31.2 Å². The van der Waals surface area contributed by atoms with Crippen LogP contribution in [0.4, 0.5) is 5.69 Å². The molecule has 22 heavy (non-hydrogen) atoms. The van der Waals surface area contributed by atoms with Gasteiger partial charge in [-0.15, -0.1) is 0 Å². The van der Waals surface area contributed by atoms with Gasteiger partial charge in [-0.05, 0) is 37.5 Å². The van der Waals surface area contributed by atoms with Gasteiger partial charge in [0.1, 0.15) is 6.04 Å². The summed E-state index contributed by atoms with van der Waals surface area (Å²) >= 11 is 0. The minimum Gasteiger partial charge on any atom is -0.342 e. The second kappa shape index (κ2) is 6.48. The van der Waals surface area contributed by atoms with Crippen LogP contribution in [0.1, 0.15) is 37.7 Å². The molecule has 2 aliphatic rings. The van der Waals surface area contributed by atoms with E-state index >= 15 is 0 Å². The molecule has 2 amide bonds. The molecular formula is C17H24N3O2+. The van der Waals surface area contributed by atoms with E-state index in [2.05, 4.69) is 16.0 Å². The number of nitrogens with one attached hydrogen (secondary N) is 2. The molecule has 1 aliphatic heterocycles. The number of amides is 2. The highest BCUT2D eigenvalue weighted by atomic mass is 16.2. The molecule has 5 heteroatoms. The van der Waals surface area contributed by atoms with Gasteiger partial charge in [0.15, 0.2) is 6.04 Å². The molecule has 118 valence electrons. The van der Waals surface area contributed by atoms with Crippen molar-refractivity contribution in [3.8, 4) is 0 Å². The number of carbonyl (C=O) groups is 2. The second-order valence-electron chi connectivity index (χ2n) is 6.48. The zero-order valence-corrected chi connectivity index (χ0v) is 13.0. The minimum absolute atomic E-state index is 0.00235. The molecule has 1 aromatic rings. The first kappa shape index (κ1) is 15.0. The fourth-order valence-electron chi connectivity index (χ4n) is 3.54. The molecule has 1 saturated carbocycles. The molecule has 2 fully saturated rings. The monoisotopic (exact) mass is 302 g/mol. The number of anilines is 1. The maximum atomic E-state index is 12.2. The van der Waals surface area contributed by atoms with Crippen molar-refractivity contribution >= 4 is 17.5 Å². The Labute approximate surface area is 130 Å². The van der Waals surface area contributed by atoms with Gasteiger partial charge in [-0.1, -0.05) is 18.6 Å². The molecule has 3 rings (SSSR count). The average Bonchev–Trinajstić information content (AvgIpc) is 2.48. The quantitative estimate of drug-likeness (QED) is 0.769. The third-order valence-corrected chi connectivity index (χ3v) is 4.67. The average molecular weight is 302 g/mol. The van der Waals surface area contributed by atoms with Gasteiger partial charge in [-0.25, -0.2) is 0 Å². The number of hydrogen-bond acceptors (Lipinski definition) is 2. The number of nitrogens with two attached hydrogens (primary N) is 1. The Hall–Kier alpha value is -1.88. The normalized spacial score (nSPS) is 27.7. The van der Waals surface area contributed by atoms with E-state index in [9.17, 15) is 9.59 Å². The highest BCUT2D eigenvalue weighted by molar-refractivity contribution is 5.95. The standard InChI is InChI=1S/C17H23N3O2/c1-11-5-4-6-12(9-11)18-16(21)10-15-17(22)20-14-8-3-2-7-13(14)19-15/h4-6,9,13-15,19H,2-3,7-8,10H2,1H3,(H,18,21)(H,20,22)/p+1/t13-,14+,15+/m1/s1. The van der Waals surface area contributed by atoms with Gasteiger partial charge in [0.05, 0.1) is 12.5 Å². The molecule has 0 aromatic heterocycles. The van der Waals surface area contributed by atoms with Crippen LogP contribution >= 0.6 is 0 Å². The number of aryl methyl sites for hydroxylation is 1. The first-order chi connectivity index (χ1) is 10.6. The van der Waals surface area contributed by atoms with E-state index in [1.54, 1.807) is 0 Å². The van der Waals surface area contributed by atoms with Crippen LogP contribution in [0.2, 0.25) is 0 Å². The van der Waals surface area contributed by atoms with Gasteiger partial charge in [0.25, 0.3) is 5.91 Å². The Balaban J connectivity index is 1.57. The fourth-order valence-corrected chi connectivity index (χ4v) is 3.54. The number of piperazine rings is 1. The molecule has 0 spiro atoms. The van der Waals surface area contributed by atoms with E-state index in [1.165, 1.54) is 12.8 Å². The lowest BCUT2D eigenvalue weighted by Crippen LogP contribution is -3.03. The maximum absolute atomic E-state index is 12.2. The van der Waals surface area contributed by atoms with Crippen molar-refractivity contribution in [3.63, 3.8) is 0 Å². The predicted octanol–water partition coefficient (Wildman–Crippen LogP) is 0.697. The molecule has 0 unspecified atom stereocenters. The van der Waals surface area contributed by atoms with Crippen LogP contribution in [-0.2, 0) is 9.59 Å². The number of fused-ring (bicyclic) bond motifs is 1. The van der Waals surface area contributed by atoms with Crippen molar-refractivity contribution in [2.45, 2.75) is 57.2 Å². The molecule has 1 aliphatic carbocycles. The van der Waals surface area contributed by atoms with Gasteiger partial charge < -0.3 is 16.0 Å². The third-order valence-electron chi connectivity index (χ3n) is 4.67. The molecule has 4 N–H and O–H groups in total. The number of rotatable bonds is 3. The third kappa shape index (κ3) is 3.47. The number of carbonyl (C=O) groups excluding carboxylic acids is 2. The van der Waals surface area contributed by atoms with Gasteiger partial charge in [-0.2, -0.15) is 0 Å². The summed E-state index contributed by atoms with van der Waals surface area (Å²) in [6.07, 6.45) is 4.82. The van der Waals surface area contributed by atoms with Crippen LogP contribution in [0, 0.1) is 6.92 Å². The van der Waals surface area contributed by atoms with Crippen LogP contribution in [0.25, 0.3) is 0 Å². The van der Waals surface area contributed by atoms with Crippen molar-refractivity contribution in [3.05, 3.63) is 29.8 Å². The minimum atomic E-state index is -0.302. The SMILES string of the molecule is Cc1cccc(NC(=O)C[C@@H]2[NH2+][C@@H]3CCCC[C@@H]3NC2=O)c1. The Morgan fingerprint density at radius 3 is 3.00 bits per heavy atom. The zero-order chi connectivity index (χ0) is 15.5. The van der Waals surface area contributed by atoms with Crippen molar-refractivity contribution in [2.75, 3.05) is 5.32 Å². The summed E-state index contributed by atoms with van der Waals surface area (Å²) in [6.45, 7) is 1.99. The van der Waals surface area contributed by atoms with Gasteiger partial charge >= 0.3 is 0 Å². The smallest absolute Gasteiger partial charge is 0.279 e. The van der Waals surface area contributed by atoms with Crippen molar-refractivity contribution in [2.24, 2.45) is 0 Å². The van der Waals surface area contributed by atoms with Gasteiger partial charge in [-0.3, -0.25) is 9.59 Å². The molecule has 3 atom stereocenters. The molecule has 0 radical (unpaired) electrons. The highest BCUT2D eigenvalue weighted by Gasteiger charge is 2.40. The highest BCUT2D eigenvalue weighted by Crippen LogP contribution is 2.18. The Morgan fingerprint density at radius 2 is 2.18 bits per heavy atom. The number of quaternary nitrogens is 1. The summed E-state index contributed by atoms with van der Waals surface area (Å²) in [6, 6.07) is 8.12. The predicted molar refractivity (Wildman–Crippen MR) is 84.3 cm³/mol. The van der Waals surface area contributed by atoms with E-state index < -0.39 is 0 Å². The van der Waals surface area contributed by atoms with Crippen molar-refractivity contribution in [1.82, 2.24) is 5.32 Å². The Kier molecular flexibility index (Phi) is 4.43. The second-order valence-corrected chi connectivity index (χ2v) is 6.48. The number of hydrogen-bond donors (Lipinski definition) is 3. The first-order valence-corrected chi connectivity index (χ1v) is 8.14. The summed E-state index contributed by atoms with van der Waals surface area (Å²) in [5.41, 5.74) is 1.89. The number of benzene rings is 1. The molecule has 1 saturated heterocycles. The fraction of sp³-hybridized carbons (Fsp3) is 0.529. The van der Waals surface area contributed by atoms with E-state index in [0.717, 1.165) is 24.1 Å². The Bertz CT molecular complexity index is 573. The maximum Gasteiger partial charge on any atom is 0.279 e. The van der Waals surface area contributed by atoms with Crippen molar-refractivity contribution < 1.29 is 14.9 Å². The van der Waals surface area contributed by atoms with Crippen LogP contribution < -0.4 is 16.0 Å². The van der Waals surface area contributed by atoms with Crippen molar-refractivity contribution in [1.29, 1.82) is 0 Å². The molecule has 1 heterocycles. The van der Waals surface area contributed by atoms with Crippen LogP contribution in [0.15, 0.2) is 24.3 Å². The Morgan fingerprint density at radius 1 is 1.36 bits per heavy atom. The summed E-state index contributed by atoms with van der Waals surface area (Å²) < 4.78 is 0. The molecule has 5 nitrogen and oxygen atoms in total. The lowest BCUT2D eigenvalue weighted by atomic mass is 9.87. The zero-order valence-electron chi connectivity index (χ0n) is 13.0. The van der Waals surface area contributed by atoms with Gasteiger partial charge in [0.2, 0.25) is 5.91 Å².